The van der Waals surface area contributed by atoms with Gasteiger partial charge in [-0.3, -0.25) is 4.90 Å². The molecule has 6 heteroatoms. The minimum atomic E-state index is 0.349. The van der Waals surface area contributed by atoms with Crippen molar-refractivity contribution in [2.75, 3.05) is 39.2 Å². The van der Waals surface area contributed by atoms with Crippen LogP contribution in [0.5, 0.6) is 23.0 Å². The molecule has 0 radical (unpaired) electrons. The van der Waals surface area contributed by atoms with E-state index in [-0.39, 0.29) is 0 Å². The summed E-state index contributed by atoms with van der Waals surface area (Å²) < 4.78 is 17.4. The number of rotatable bonds is 12. The van der Waals surface area contributed by atoms with Gasteiger partial charge in [0.05, 0.1) is 14.2 Å². The predicted molar refractivity (Wildman–Crippen MR) is 164 cm³/mol. The molecule has 1 unspecified atom stereocenters. The van der Waals surface area contributed by atoms with Crippen molar-refractivity contribution < 1.29 is 19.3 Å². The fourth-order valence-electron chi connectivity index (χ4n) is 7.31. The molecule has 2 heterocycles. The highest BCUT2D eigenvalue weighted by Crippen LogP contribution is 2.42. The van der Waals surface area contributed by atoms with E-state index in [0.29, 0.717) is 11.7 Å². The summed E-state index contributed by atoms with van der Waals surface area (Å²) in [5.41, 5.74) is 6.28. The van der Waals surface area contributed by atoms with Gasteiger partial charge >= 0.3 is 0 Å². The number of nitrogens with one attached hydrogen (secondary N) is 1. The van der Waals surface area contributed by atoms with Gasteiger partial charge in [-0.05, 0) is 116 Å². The molecule has 2 bridgehead atoms. The largest absolute Gasteiger partial charge is 0.508 e. The van der Waals surface area contributed by atoms with Crippen LogP contribution in [0.4, 0.5) is 5.69 Å². The smallest absolute Gasteiger partial charge is 0.162 e. The first-order chi connectivity index (χ1) is 20.1. The van der Waals surface area contributed by atoms with E-state index in [4.69, 9.17) is 14.2 Å². The van der Waals surface area contributed by atoms with Crippen LogP contribution < -0.4 is 19.5 Å². The zero-order valence-corrected chi connectivity index (χ0v) is 24.5. The van der Waals surface area contributed by atoms with E-state index in [0.717, 1.165) is 86.8 Å². The fraction of sp³-hybridized carbons (Fsp3) is 0.486. The topological polar surface area (TPSA) is 63.2 Å². The van der Waals surface area contributed by atoms with Gasteiger partial charge in [0.2, 0.25) is 0 Å². The number of nitrogens with zero attached hydrogens (tertiary/aromatic N) is 1. The number of fused-ring (bicyclic) bond motifs is 3. The van der Waals surface area contributed by atoms with Crippen LogP contribution in [-0.4, -0.2) is 56.0 Å². The Labute approximate surface area is 244 Å². The summed E-state index contributed by atoms with van der Waals surface area (Å²) in [5.74, 6) is 3.20. The standard InChI is InChI=1S/C35H44N2O4/c1-39-34-22-32(27-8-7-26-21-30(38)14-9-25(26)20-27)33(23-35(34)40-2)36-17-3-4-24-5-15-31(16-6-24)41-19-18-37-28-10-11-29(37)13-12-28/h5-6,9,14-16,21-23,27-29,36,38H,3-4,7-8,10-13,17-20H2,1-2H3. The number of phenolic OH excluding ortho intramolecular Hbond substituents is 1. The molecule has 2 aliphatic heterocycles. The van der Waals surface area contributed by atoms with Crippen LogP contribution >= 0.6 is 0 Å². The lowest BCUT2D eigenvalue weighted by Crippen LogP contribution is -2.32. The van der Waals surface area contributed by atoms with Crippen LogP contribution in [0.3, 0.4) is 0 Å². The average molecular weight is 557 g/mol. The first-order valence-corrected chi connectivity index (χ1v) is 15.4. The van der Waals surface area contributed by atoms with Crippen molar-refractivity contribution in [2.45, 2.75) is 75.8 Å². The van der Waals surface area contributed by atoms with Crippen molar-refractivity contribution in [1.29, 1.82) is 0 Å². The second-order valence-electron chi connectivity index (χ2n) is 11.9. The first-order valence-electron chi connectivity index (χ1n) is 15.4. The lowest BCUT2D eigenvalue weighted by molar-refractivity contribution is 0.194. The van der Waals surface area contributed by atoms with Crippen LogP contribution in [0.2, 0.25) is 0 Å². The molecule has 0 amide bonds. The molecule has 2 fully saturated rings. The molecule has 41 heavy (non-hydrogen) atoms. The molecular formula is C35H44N2O4. The minimum Gasteiger partial charge on any atom is -0.508 e. The number of aromatic hydroxyl groups is 1. The zero-order chi connectivity index (χ0) is 28.2. The van der Waals surface area contributed by atoms with E-state index in [1.807, 2.05) is 6.07 Å². The highest BCUT2D eigenvalue weighted by Gasteiger charge is 2.38. The Bertz CT molecular complexity index is 1300. The molecule has 0 aromatic heterocycles. The van der Waals surface area contributed by atoms with Crippen molar-refractivity contribution in [3.8, 4) is 23.0 Å². The van der Waals surface area contributed by atoms with Crippen LogP contribution in [0, 0.1) is 0 Å². The van der Waals surface area contributed by atoms with Gasteiger partial charge in [0.15, 0.2) is 11.5 Å². The summed E-state index contributed by atoms with van der Waals surface area (Å²) in [6.45, 7) is 2.70. The van der Waals surface area contributed by atoms with Crippen LogP contribution in [0.15, 0.2) is 54.6 Å². The molecule has 2 saturated heterocycles. The quantitative estimate of drug-likeness (QED) is 0.241. The predicted octanol–water partition coefficient (Wildman–Crippen LogP) is 6.73. The molecule has 2 N–H and O–H groups in total. The Hall–Kier alpha value is -3.38. The van der Waals surface area contributed by atoms with Crippen molar-refractivity contribution >= 4 is 5.69 Å². The molecule has 1 aliphatic carbocycles. The summed E-state index contributed by atoms with van der Waals surface area (Å²) in [4.78, 5) is 2.67. The Balaban J connectivity index is 1.03. The number of phenols is 1. The Morgan fingerprint density at radius 1 is 0.854 bits per heavy atom. The summed E-state index contributed by atoms with van der Waals surface area (Å²) in [6, 6.07) is 20.3. The summed E-state index contributed by atoms with van der Waals surface area (Å²) in [7, 11) is 3.38. The van der Waals surface area contributed by atoms with Gasteiger partial charge < -0.3 is 24.6 Å². The number of hydrogen-bond donors (Lipinski definition) is 2. The second kappa shape index (κ2) is 12.6. The molecule has 3 aromatic rings. The SMILES string of the molecule is COc1cc(NCCCc2ccc(OCCN3C4CCC3CC4)cc2)c(C2CCc3cc(O)ccc3C2)cc1OC. The lowest BCUT2D eigenvalue weighted by Gasteiger charge is -2.28. The molecule has 6 nitrogen and oxygen atoms in total. The maximum atomic E-state index is 9.90. The Morgan fingerprint density at radius 2 is 1.59 bits per heavy atom. The summed E-state index contributed by atoms with van der Waals surface area (Å²) in [5, 5.41) is 13.6. The van der Waals surface area contributed by atoms with Crippen molar-refractivity contribution in [2.24, 2.45) is 0 Å². The van der Waals surface area contributed by atoms with Gasteiger partial charge in [-0.1, -0.05) is 18.2 Å². The highest BCUT2D eigenvalue weighted by atomic mass is 16.5. The maximum Gasteiger partial charge on any atom is 0.162 e. The lowest BCUT2D eigenvalue weighted by atomic mass is 9.79. The van der Waals surface area contributed by atoms with Gasteiger partial charge in [0.1, 0.15) is 18.1 Å². The van der Waals surface area contributed by atoms with Gasteiger partial charge in [0, 0.05) is 36.9 Å². The Kier molecular flexibility index (Phi) is 8.56. The van der Waals surface area contributed by atoms with E-state index in [1.54, 1.807) is 20.3 Å². The number of aryl methyl sites for hydroxylation is 2. The number of ether oxygens (including phenoxy) is 3. The molecule has 3 aliphatic rings. The van der Waals surface area contributed by atoms with Gasteiger partial charge in [-0.2, -0.15) is 0 Å². The van der Waals surface area contributed by atoms with Crippen molar-refractivity contribution in [1.82, 2.24) is 4.90 Å². The molecule has 0 saturated carbocycles. The van der Waals surface area contributed by atoms with Crippen molar-refractivity contribution in [3.63, 3.8) is 0 Å². The normalized spacial score (nSPS) is 21.5. The van der Waals surface area contributed by atoms with E-state index < -0.39 is 0 Å². The van der Waals surface area contributed by atoms with E-state index in [2.05, 4.69) is 52.7 Å². The van der Waals surface area contributed by atoms with Crippen molar-refractivity contribution in [3.05, 3.63) is 76.9 Å². The molecule has 3 aromatic carbocycles. The maximum absolute atomic E-state index is 9.90. The summed E-state index contributed by atoms with van der Waals surface area (Å²) in [6.07, 6.45) is 10.5. The van der Waals surface area contributed by atoms with Gasteiger partial charge in [0.25, 0.3) is 0 Å². The van der Waals surface area contributed by atoms with Crippen LogP contribution in [-0.2, 0) is 19.3 Å². The third-order valence-corrected chi connectivity index (χ3v) is 9.52. The highest BCUT2D eigenvalue weighted by molar-refractivity contribution is 5.62. The number of methoxy groups -OCH3 is 2. The first kappa shape index (κ1) is 27.8. The number of hydrogen-bond acceptors (Lipinski definition) is 6. The minimum absolute atomic E-state index is 0.349. The molecule has 1 atom stereocenters. The Morgan fingerprint density at radius 3 is 2.32 bits per heavy atom. The second-order valence-corrected chi connectivity index (χ2v) is 11.9. The van der Waals surface area contributed by atoms with E-state index in [9.17, 15) is 5.11 Å². The molecule has 6 rings (SSSR count). The third-order valence-electron chi connectivity index (χ3n) is 9.52. The van der Waals surface area contributed by atoms with Crippen LogP contribution in [0.1, 0.15) is 66.7 Å². The molecule has 218 valence electrons. The average Bonchev–Trinajstić information content (AvgIpc) is 3.58. The fourth-order valence-corrected chi connectivity index (χ4v) is 7.31. The number of benzene rings is 3. The monoisotopic (exact) mass is 556 g/mol. The summed E-state index contributed by atoms with van der Waals surface area (Å²) >= 11 is 0. The van der Waals surface area contributed by atoms with Gasteiger partial charge in [-0.25, -0.2) is 0 Å². The molecular weight excluding hydrogens is 512 g/mol. The van der Waals surface area contributed by atoms with E-state index >= 15 is 0 Å². The number of anilines is 1. The molecule has 0 spiro atoms. The van der Waals surface area contributed by atoms with Gasteiger partial charge in [-0.15, -0.1) is 0 Å². The van der Waals surface area contributed by atoms with E-state index in [1.165, 1.54) is 47.9 Å². The zero-order valence-electron chi connectivity index (χ0n) is 24.5. The van der Waals surface area contributed by atoms with Crippen LogP contribution in [0.25, 0.3) is 0 Å². The third kappa shape index (κ3) is 6.28.